The third kappa shape index (κ3) is 5.41. The molecule has 0 saturated heterocycles. The zero-order valence-electron chi connectivity index (χ0n) is 15.4. The number of anilines is 1. The molecule has 5 heteroatoms. The van der Waals surface area contributed by atoms with Crippen molar-refractivity contribution < 1.29 is 9.53 Å². The summed E-state index contributed by atoms with van der Waals surface area (Å²) in [6.07, 6.45) is 1.67. The van der Waals surface area contributed by atoms with E-state index in [1.54, 1.807) is 0 Å². The van der Waals surface area contributed by atoms with Gasteiger partial charge in [-0.2, -0.15) is 0 Å². The van der Waals surface area contributed by atoms with Gasteiger partial charge in [0.25, 0.3) is 0 Å². The maximum Gasteiger partial charge on any atom is 0.407 e. The van der Waals surface area contributed by atoms with Gasteiger partial charge < -0.3 is 15.8 Å². The smallest absolute Gasteiger partial charge is 0.407 e. The molecule has 1 aliphatic rings. The van der Waals surface area contributed by atoms with Gasteiger partial charge >= 0.3 is 6.09 Å². The number of amides is 1. The van der Waals surface area contributed by atoms with E-state index in [4.69, 9.17) is 10.5 Å². The number of ether oxygens (including phenoxy) is 1. The Labute approximate surface area is 145 Å². The average Bonchev–Trinajstić information content (AvgIpc) is 2.44. The topological polar surface area (TPSA) is 67.6 Å². The minimum absolute atomic E-state index is 0.335. The molecule has 1 heterocycles. The van der Waals surface area contributed by atoms with Crippen LogP contribution in [0.15, 0.2) is 18.2 Å². The summed E-state index contributed by atoms with van der Waals surface area (Å²) >= 11 is 0. The Hall–Kier alpha value is -1.75. The molecule has 0 aliphatic carbocycles. The number of hydrogen-bond acceptors (Lipinski definition) is 4. The van der Waals surface area contributed by atoms with Crippen molar-refractivity contribution in [1.29, 1.82) is 0 Å². The molecule has 1 aromatic rings. The molecule has 0 bridgehead atoms. The van der Waals surface area contributed by atoms with Crippen molar-refractivity contribution in [1.82, 2.24) is 10.2 Å². The standard InChI is InChI=1S/C19H31N3O2/c1-14-12-22(13-15-8-7-9-16(20)17(14)15)11-6-5-10-21-18(23)24-19(2,3)4/h7-9,14H,5-6,10-13,20H2,1-4H3,(H,21,23). The molecule has 3 N–H and O–H groups in total. The van der Waals surface area contributed by atoms with Crippen LogP contribution in [0.3, 0.4) is 0 Å². The van der Waals surface area contributed by atoms with Gasteiger partial charge in [0, 0.05) is 25.3 Å². The average molecular weight is 333 g/mol. The molecule has 0 saturated carbocycles. The summed E-state index contributed by atoms with van der Waals surface area (Å²) in [7, 11) is 0. The summed E-state index contributed by atoms with van der Waals surface area (Å²) in [5, 5.41) is 2.81. The maximum absolute atomic E-state index is 11.6. The van der Waals surface area contributed by atoms with Gasteiger partial charge in [0.2, 0.25) is 0 Å². The number of nitrogens with zero attached hydrogens (tertiary/aromatic N) is 1. The largest absolute Gasteiger partial charge is 0.444 e. The molecule has 24 heavy (non-hydrogen) atoms. The predicted octanol–water partition coefficient (Wildman–Crippen LogP) is 3.49. The van der Waals surface area contributed by atoms with Crippen LogP contribution >= 0.6 is 0 Å². The number of nitrogens with one attached hydrogen (secondary N) is 1. The van der Waals surface area contributed by atoms with E-state index < -0.39 is 5.60 Å². The lowest BCUT2D eigenvalue weighted by Crippen LogP contribution is -2.35. The fourth-order valence-corrected chi connectivity index (χ4v) is 3.29. The molecule has 0 spiro atoms. The highest BCUT2D eigenvalue weighted by atomic mass is 16.6. The summed E-state index contributed by atoms with van der Waals surface area (Å²) in [6.45, 7) is 11.5. The summed E-state index contributed by atoms with van der Waals surface area (Å²) in [5.41, 5.74) is 9.26. The number of fused-ring (bicyclic) bond motifs is 1. The summed E-state index contributed by atoms with van der Waals surface area (Å²) in [6, 6.07) is 6.21. The number of benzene rings is 1. The van der Waals surface area contributed by atoms with Crippen LogP contribution in [0, 0.1) is 0 Å². The summed E-state index contributed by atoms with van der Waals surface area (Å²) in [5.74, 6) is 0.467. The van der Waals surface area contributed by atoms with Gasteiger partial charge in [-0.15, -0.1) is 0 Å². The third-order valence-electron chi connectivity index (χ3n) is 4.22. The minimum atomic E-state index is -0.441. The van der Waals surface area contributed by atoms with Crippen molar-refractivity contribution in [3.63, 3.8) is 0 Å². The molecule has 1 amide bonds. The molecule has 0 fully saturated rings. The van der Waals surface area contributed by atoms with Gasteiger partial charge in [0.15, 0.2) is 0 Å². The first-order valence-electron chi connectivity index (χ1n) is 8.83. The summed E-state index contributed by atoms with van der Waals surface area (Å²) < 4.78 is 5.23. The summed E-state index contributed by atoms with van der Waals surface area (Å²) in [4.78, 5) is 14.1. The lowest BCUT2D eigenvalue weighted by atomic mass is 9.89. The van der Waals surface area contributed by atoms with E-state index in [-0.39, 0.29) is 6.09 Å². The van der Waals surface area contributed by atoms with E-state index in [9.17, 15) is 4.79 Å². The lowest BCUT2D eigenvalue weighted by Gasteiger charge is -2.33. The van der Waals surface area contributed by atoms with Crippen LogP contribution in [0.4, 0.5) is 10.5 Å². The molecule has 1 atom stereocenters. The number of hydrogen-bond donors (Lipinski definition) is 2. The molecule has 1 unspecified atom stereocenters. The van der Waals surface area contributed by atoms with Gasteiger partial charge in [0.05, 0.1) is 0 Å². The van der Waals surface area contributed by atoms with E-state index in [0.29, 0.717) is 12.5 Å². The molecule has 0 radical (unpaired) electrons. The van der Waals surface area contributed by atoms with E-state index in [1.807, 2.05) is 32.9 Å². The molecule has 5 nitrogen and oxygen atoms in total. The number of unbranched alkanes of at least 4 members (excludes halogenated alkanes) is 1. The Bertz CT molecular complexity index is 566. The lowest BCUT2D eigenvalue weighted by molar-refractivity contribution is 0.0526. The van der Waals surface area contributed by atoms with Crippen LogP contribution in [0.25, 0.3) is 0 Å². The maximum atomic E-state index is 11.6. The first kappa shape index (κ1) is 18.6. The van der Waals surface area contributed by atoms with E-state index in [0.717, 1.165) is 38.2 Å². The Morgan fingerprint density at radius 3 is 2.83 bits per heavy atom. The number of nitrogen functional groups attached to an aromatic ring is 1. The van der Waals surface area contributed by atoms with Crippen molar-refractivity contribution >= 4 is 11.8 Å². The van der Waals surface area contributed by atoms with Crippen molar-refractivity contribution in [3.05, 3.63) is 29.3 Å². The van der Waals surface area contributed by atoms with Crippen LogP contribution < -0.4 is 11.1 Å². The second-order valence-corrected chi connectivity index (χ2v) is 7.69. The first-order valence-corrected chi connectivity index (χ1v) is 8.83. The molecule has 134 valence electrons. The Morgan fingerprint density at radius 1 is 1.38 bits per heavy atom. The number of rotatable bonds is 5. The minimum Gasteiger partial charge on any atom is -0.444 e. The first-order chi connectivity index (χ1) is 11.3. The SMILES string of the molecule is CC1CN(CCCCNC(=O)OC(C)(C)C)Cc2cccc(N)c21. The van der Waals surface area contributed by atoms with Crippen molar-refractivity contribution in [2.45, 2.75) is 58.6 Å². The fourth-order valence-electron chi connectivity index (χ4n) is 3.29. The molecule has 0 aromatic heterocycles. The highest BCUT2D eigenvalue weighted by Gasteiger charge is 2.23. The molecular formula is C19H31N3O2. The number of carbonyl (C=O) groups excluding carboxylic acids is 1. The van der Waals surface area contributed by atoms with Crippen molar-refractivity contribution in [2.75, 3.05) is 25.4 Å². The van der Waals surface area contributed by atoms with Crippen LogP contribution in [-0.2, 0) is 11.3 Å². The zero-order chi connectivity index (χ0) is 17.7. The quantitative estimate of drug-likeness (QED) is 0.639. The van der Waals surface area contributed by atoms with E-state index in [2.05, 4.69) is 23.2 Å². The second-order valence-electron chi connectivity index (χ2n) is 7.69. The Balaban J connectivity index is 1.70. The Kier molecular flexibility index (Phi) is 6.10. The highest BCUT2D eigenvalue weighted by molar-refractivity contribution is 5.67. The van der Waals surface area contributed by atoms with Crippen LogP contribution in [0.1, 0.15) is 57.6 Å². The van der Waals surface area contributed by atoms with Gasteiger partial charge in [-0.25, -0.2) is 4.79 Å². The zero-order valence-corrected chi connectivity index (χ0v) is 15.4. The normalized spacial score (nSPS) is 18.1. The monoisotopic (exact) mass is 333 g/mol. The second kappa shape index (κ2) is 7.88. The number of alkyl carbamates (subject to hydrolysis) is 1. The van der Waals surface area contributed by atoms with Crippen LogP contribution in [-0.4, -0.2) is 36.2 Å². The molecule has 2 rings (SSSR count). The van der Waals surface area contributed by atoms with Crippen LogP contribution in [0.2, 0.25) is 0 Å². The highest BCUT2D eigenvalue weighted by Crippen LogP contribution is 2.32. The van der Waals surface area contributed by atoms with Crippen molar-refractivity contribution in [2.24, 2.45) is 0 Å². The van der Waals surface area contributed by atoms with Gasteiger partial charge in [-0.1, -0.05) is 19.1 Å². The predicted molar refractivity (Wildman–Crippen MR) is 98.0 cm³/mol. The molecule has 1 aromatic carbocycles. The number of nitrogens with two attached hydrogens (primary N) is 1. The van der Waals surface area contributed by atoms with E-state index >= 15 is 0 Å². The van der Waals surface area contributed by atoms with Gasteiger partial charge in [-0.05, 0) is 63.3 Å². The molecule has 1 aliphatic heterocycles. The third-order valence-corrected chi connectivity index (χ3v) is 4.22. The van der Waals surface area contributed by atoms with Gasteiger partial charge in [0.1, 0.15) is 5.60 Å². The fraction of sp³-hybridized carbons (Fsp3) is 0.632. The van der Waals surface area contributed by atoms with Crippen molar-refractivity contribution in [3.8, 4) is 0 Å². The molecular weight excluding hydrogens is 302 g/mol. The van der Waals surface area contributed by atoms with E-state index in [1.165, 1.54) is 11.1 Å². The van der Waals surface area contributed by atoms with Crippen LogP contribution in [0.5, 0.6) is 0 Å². The Morgan fingerprint density at radius 2 is 2.12 bits per heavy atom. The van der Waals surface area contributed by atoms with Gasteiger partial charge in [-0.3, -0.25) is 4.90 Å². The number of carbonyl (C=O) groups is 1.